The molecule has 0 saturated heterocycles. The number of nitrogens with zero attached hydrogens (tertiary/aromatic N) is 3. The van der Waals surface area contributed by atoms with Gasteiger partial charge in [-0.15, -0.1) is 36.9 Å². The number of anilines is 1. The van der Waals surface area contributed by atoms with Crippen LogP contribution in [0, 0.1) is 0 Å². The molecule has 0 aliphatic heterocycles. The Morgan fingerprint density at radius 3 is 2.52 bits per heavy atom. The second-order valence-electron chi connectivity index (χ2n) is 7.04. The third-order valence-electron chi connectivity index (χ3n) is 4.09. The zero-order valence-corrected chi connectivity index (χ0v) is 19.9. The highest BCUT2D eigenvalue weighted by molar-refractivity contribution is 8.02. The lowest BCUT2D eigenvalue weighted by Gasteiger charge is -2.15. The minimum absolute atomic E-state index is 0. The molecule has 0 spiro atoms. The molecule has 3 rings (SSSR count). The van der Waals surface area contributed by atoms with Gasteiger partial charge in [0.05, 0.1) is 11.4 Å². The van der Waals surface area contributed by atoms with Crippen molar-refractivity contribution in [1.29, 1.82) is 0 Å². The Bertz CT molecular complexity index is 1080. The van der Waals surface area contributed by atoms with Crippen LogP contribution in [0.4, 0.5) is 19.1 Å². The second kappa shape index (κ2) is 11.0. The molecule has 0 aliphatic carbocycles. The van der Waals surface area contributed by atoms with Crippen LogP contribution >= 0.6 is 35.5 Å². The normalized spacial score (nSPS) is 11.5. The molecule has 13 heteroatoms. The summed E-state index contributed by atoms with van der Waals surface area (Å²) in [6.45, 7) is 3.76. The van der Waals surface area contributed by atoms with Crippen molar-refractivity contribution in [2.45, 2.75) is 35.7 Å². The topological polar surface area (TPSA) is 97.2 Å². The molecule has 2 heterocycles. The third-order valence-corrected chi connectivity index (χ3v) is 6.26. The Labute approximate surface area is 202 Å². The van der Waals surface area contributed by atoms with Crippen LogP contribution in [0.25, 0.3) is 11.3 Å². The van der Waals surface area contributed by atoms with Crippen LogP contribution in [-0.2, 0) is 11.2 Å². The Balaban J connectivity index is 0.00000385. The molecule has 1 aromatic carbocycles. The second-order valence-corrected chi connectivity index (χ2v) is 9.76. The van der Waals surface area contributed by atoms with Crippen molar-refractivity contribution in [2.24, 2.45) is 0 Å². The molecular formula is C20H20ClF3N4O3S2. The van der Waals surface area contributed by atoms with Crippen LogP contribution in [0.1, 0.15) is 19.5 Å². The average molecular weight is 521 g/mol. The predicted molar refractivity (Wildman–Crippen MR) is 123 cm³/mol. The number of benzene rings is 1. The fourth-order valence-corrected chi connectivity index (χ4v) is 4.67. The minimum atomic E-state index is -4.74. The maximum atomic E-state index is 12.3. The predicted octanol–water partition coefficient (Wildman–Crippen LogP) is 5.53. The van der Waals surface area contributed by atoms with Crippen molar-refractivity contribution in [1.82, 2.24) is 15.0 Å². The molecule has 33 heavy (non-hydrogen) atoms. The highest BCUT2D eigenvalue weighted by Gasteiger charge is 2.31. The van der Waals surface area contributed by atoms with E-state index in [1.165, 1.54) is 47.4 Å². The molecule has 0 radical (unpaired) electrons. The van der Waals surface area contributed by atoms with E-state index in [1.807, 2.05) is 5.38 Å². The van der Waals surface area contributed by atoms with E-state index >= 15 is 0 Å². The average Bonchev–Trinajstić information content (AvgIpc) is 3.14. The number of nitrogens with one attached hydrogen (secondary N) is 1. The minimum Gasteiger partial charge on any atom is -0.480 e. The number of alkyl halides is 3. The molecule has 7 nitrogen and oxygen atoms in total. The van der Waals surface area contributed by atoms with E-state index in [-0.39, 0.29) is 18.2 Å². The van der Waals surface area contributed by atoms with E-state index in [0.717, 1.165) is 5.69 Å². The van der Waals surface area contributed by atoms with Gasteiger partial charge in [-0.3, -0.25) is 4.79 Å². The first-order valence-electron chi connectivity index (χ1n) is 9.32. The monoisotopic (exact) mass is 520 g/mol. The summed E-state index contributed by atoms with van der Waals surface area (Å²) in [4.78, 5) is 24.2. The Morgan fingerprint density at radius 1 is 1.18 bits per heavy atom. The first kappa shape index (κ1) is 26.7. The number of carboxylic acids is 1. The van der Waals surface area contributed by atoms with Crippen molar-refractivity contribution in [3.05, 3.63) is 47.6 Å². The van der Waals surface area contributed by atoms with E-state index < -0.39 is 17.1 Å². The summed E-state index contributed by atoms with van der Waals surface area (Å²) in [6, 6.07) is 7.07. The number of rotatable bonds is 9. The summed E-state index contributed by atoms with van der Waals surface area (Å²) in [5.74, 6) is -0.836. The van der Waals surface area contributed by atoms with Crippen LogP contribution in [0.2, 0.25) is 0 Å². The standard InChI is InChI=1S/C20H19F3N4O3S2.ClH/c1-19(2,16(28)29)32-18-26-13(11-31-18)7-9-24-17-25-10-8-15(27-17)12-3-5-14(6-4-12)30-20(21,22)23;/h3-6,8,10-11H,7,9H2,1-2H3,(H,28,29)(H,24,25,27);1H. The van der Waals surface area contributed by atoms with E-state index in [2.05, 4.69) is 25.0 Å². The van der Waals surface area contributed by atoms with Crippen LogP contribution in [0.15, 0.2) is 46.2 Å². The summed E-state index contributed by atoms with van der Waals surface area (Å²) < 4.78 is 40.4. The van der Waals surface area contributed by atoms with Crippen molar-refractivity contribution < 1.29 is 27.8 Å². The highest BCUT2D eigenvalue weighted by Crippen LogP contribution is 2.34. The van der Waals surface area contributed by atoms with Crippen LogP contribution in [0.5, 0.6) is 5.75 Å². The Kier molecular flexibility index (Phi) is 8.92. The molecule has 0 aliphatic rings. The molecule has 0 unspecified atom stereocenters. The molecule has 2 N–H and O–H groups in total. The lowest BCUT2D eigenvalue weighted by molar-refractivity contribution is -0.274. The summed E-state index contributed by atoms with van der Waals surface area (Å²) in [7, 11) is 0. The van der Waals surface area contributed by atoms with Gasteiger partial charge in [-0.2, -0.15) is 0 Å². The quantitative estimate of drug-likeness (QED) is 0.355. The summed E-state index contributed by atoms with van der Waals surface area (Å²) in [6.07, 6.45) is -2.60. The molecule has 178 valence electrons. The number of aliphatic carboxylic acids is 1. The maximum absolute atomic E-state index is 12.3. The third kappa shape index (κ3) is 8.06. The van der Waals surface area contributed by atoms with Gasteiger partial charge in [0, 0.05) is 30.1 Å². The number of carbonyl (C=O) groups is 1. The first-order chi connectivity index (χ1) is 15.0. The fourth-order valence-electron chi connectivity index (χ4n) is 2.45. The lowest BCUT2D eigenvalue weighted by atomic mass is 10.1. The number of thiazole rings is 1. The number of carboxylic acid groups (broad SMARTS) is 1. The van der Waals surface area contributed by atoms with E-state index in [4.69, 9.17) is 0 Å². The zero-order valence-electron chi connectivity index (χ0n) is 17.4. The number of halogens is 4. The van der Waals surface area contributed by atoms with Gasteiger partial charge >= 0.3 is 12.3 Å². The number of thioether (sulfide) groups is 1. The molecule has 0 bridgehead atoms. The SMILES string of the molecule is CC(C)(Sc1nc(CCNc2nccc(-c3ccc(OC(F)(F)F)cc3)n2)cs1)C(=O)O.Cl. The van der Waals surface area contributed by atoms with Crippen molar-refractivity contribution in [2.75, 3.05) is 11.9 Å². The summed E-state index contributed by atoms with van der Waals surface area (Å²) in [5.41, 5.74) is 1.99. The van der Waals surface area contributed by atoms with Gasteiger partial charge in [-0.05, 0) is 44.2 Å². The van der Waals surface area contributed by atoms with E-state index in [1.54, 1.807) is 26.1 Å². The number of aromatic nitrogens is 3. The highest BCUT2D eigenvalue weighted by atomic mass is 35.5. The molecule has 0 amide bonds. The molecular weight excluding hydrogens is 501 g/mol. The van der Waals surface area contributed by atoms with Crippen molar-refractivity contribution in [3.8, 4) is 17.0 Å². The molecule has 0 atom stereocenters. The van der Waals surface area contributed by atoms with Crippen molar-refractivity contribution >= 4 is 47.4 Å². The van der Waals surface area contributed by atoms with Gasteiger partial charge in [-0.25, -0.2) is 15.0 Å². The van der Waals surface area contributed by atoms with Gasteiger partial charge in [0.25, 0.3) is 0 Å². The van der Waals surface area contributed by atoms with Gasteiger partial charge in [-0.1, -0.05) is 11.8 Å². The van der Waals surface area contributed by atoms with Crippen LogP contribution in [0.3, 0.4) is 0 Å². The van der Waals surface area contributed by atoms with Gasteiger partial charge in [0.1, 0.15) is 10.5 Å². The zero-order chi connectivity index (χ0) is 23.4. The van der Waals surface area contributed by atoms with Gasteiger partial charge < -0.3 is 15.2 Å². The summed E-state index contributed by atoms with van der Waals surface area (Å²) >= 11 is 2.59. The van der Waals surface area contributed by atoms with Gasteiger partial charge in [0.2, 0.25) is 5.95 Å². The number of ether oxygens (including phenoxy) is 1. The largest absolute Gasteiger partial charge is 0.573 e. The molecule has 0 saturated carbocycles. The van der Waals surface area contributed by atoms with Crippen LogP contribution in [-0.4, -0.2) is 43.7 Å². The Hall–Kier alpha value is -2.57. The van der Waals surface area contributed by atoms with Gasteiger partial charge in [0.15, 0.2) is 4.34 Å². The lowest BCUT2D eigenvalue weighted by Crippen LogP contribution is -2.26. The van der Waals surface area contributed by atoms with Crippen molar-refractivity contribution in [3.63, 3.8) is 0 Å². The molecule has 2 aromatic heterocycles. The van der Waals surface area contributed by atoms with E-state index in [0.29, 0.717) is 34.5 Å². The van der Waals surface area contributed by atoms with E-state index in [9.17, 15) is 23.1 Å². The number of hydrogen-bond acceptors (Lipinski definition) is 8. The summed E-state index contributed by atoms with van der Waals surface area (Å²) in [5, 5.41) is 14.2. The maximum Gasteiger partial charge on any atom is 0.573 e. The number of hydrogen-bond donors (Lipinski definition) is 2. The Morgan fingerprint density at radius 2 is 1.88 bits per heavy atom. The first-order valence-corrected chi connectivity index (χ1v) is 11.0. The smallest absolute Gasteiger partial charge is 0.480 e. The van der Waals surface area contributed by atoms with Crippen LogP contribution < -0.4 is 10.1 Å². The molecule has 3 aromatic rings. The molecule has 0 fully saturated rings. The fraction of sp³-hybridized carbons (Fsp3) is 0.300.